The zero-order chi connectivity index (χ0) is 20.3. The number of esters is 1. The van der Waals surface area contributed by atoms with Gasteiger partial charge >= 0.3 is 5.97 Å². The lowest BCUT2D eigenvalue weighted by Crippen LogP contribution is -2.48. The fourth-order valence-electron chi connectivity index (χ4n) is 3.36. The molecule has 2 aromatic carbocycles. The summed E-state index contributed by atoms with van der Waals surface area (Å²) in [6.07, 6.45) is 2.24. The first kappa shape index (κ1) is 19.6. The van der Waals surface area contributed by atoms with E-state index >= 15 is 0 Å². The second kappa shape index (κ2) is 8.24. The van der Waals surface area contributed by atoms with Crippen molar-refractivity contribution >= 4 is 23.3 Å². The summed E-state index contributed by atoms with van der Waals surface area (Å²) in [6, 6.07) is 5.97. The van der Waals surface area contributed by atoms with Gasteiger partial charge in [-0.3, -0.25) is 14.4 Å². The number of carbonyl (C=O) groups is 2. The molecule has 28 heavy (non-hydrogen) atoms. The number of rotatable bonds is 6. The summed E-state index contributed by atoms with van der Waals surface area (Å²) in [5, 5.41) is 2.86. The van der Waals surface area contributed by atoms with Gasteiger partial charge in [0.25, 0.3) is 16.8 Å². The molecule has 1 aliphatic rings. The Balaban J connectivity index is 1.82. The molecule has 1 aliphatic heterocycles. The van der Waals surface area contributed by atoms with Crippen molar-refractivity contribution in [3.63, 3.8) is 0 Å². The molecule has 0 aliphatic carbocycles. The molecule has 8 heteroatoms. The third-order valence-electron chi connectivity index (χ3n) is 4.77. The maximum atomic E-state index is 13.0. The summed E-state index contributed by atoms with van der Waals surface area (Å²) < 4.78 is 10.0. The van der Waals surface area contributed by atoms with Crippen LogP contribution in [0, 0.1) is 0 Å². The molecule has 1 fully saturated rings. The molecule has 0 saturated carbocycles. The summed E-state index contributed by atoms with van der Waals surface area (Å²) in [7, 11) is 1.31. The number of hydrogen-bond acceptors (Lipinski definition) is 7. The van der Waals surface area contributed by atoms with Crippen LogP contribution in [0.25, 0.3) is 0 Å². The molecule has 8 nitrogen and oxygen atoms in total. The second-order valence-electron chi connectivity index (χ2n) is 6.53. The molecular weight excluding hydrogens is 364 g/mol. The molecule has 1 saturated heterocycles. The van der Waals surface area contributed by atoms with Crippen molar-refractivity contribution < 1.29 is 19.1 Å². The fraction of sp³-hybridized carbons (Fsp3) is 0.400. The molecule has 0 spiro atoms. The minimum absolute atomic E-state index is 0.00557. The van der Waals surface area contributed by atoms with Gasteiger partial charge < -0.3 is 19.7 Å². The second-order valence-corrected chi connectivity index (χ2v) is 6.53. The predicted octanol–water partition coefficient (Wildman–Crippen LogP) is 1.59. The topological polar surface area (TPSA) is 102 Å². The quantitative estimate of drug-likeness (QED) is 0.594. The number of ether oxygens (including phenoxy) is 2. The van der Waals surface area contributed by atoms with Gasteiger partial charge in [0.15, 0.2) is 5.75 Å². The van der Waals surface area contributed by atoms with Crippen molar-refractivity contribution in [3.8, 4) is 5.75 Å². The SMILES string of the molecule is CCOc1c(Nc2cccc(C(=O)N3CCCCC3C(=O)OC)c2)c(=O)c1=O. The summed E-state index contributed by atoms with van der Waals surface area (Å²) >= 11 is 0. The zero-order valence-corrected chi connectivity index (χ0v) is 15.8. The number of carbonyl (C=O) groups excluding carboxylic acids is 2. The largest absolute Gasteiger partial charge is 0.488 e. The van der Waals surface area contributed by atoms with E-state index in [-0.39, 0.29) is 24.0 Å². The van der Waals surface area contributed by atoms with Crippen LogP contribution in [0.2, 0.25) is 0 Å². The highest BCUT2D eigenvalue weighted by Gasteiger charge is 2.33. The van der Waals surface area contributed by atoms with Gasteiger partial charge in [-0.2, -0.15) is 0 Å². The van der Waals surface area contributed by atoms with Crippen LogP contribution in [0.5, 0.6) is 5.75 Å². The molecule has 1 amide bonds. The Bertz CT molecular complexity index is 960. The van der Waals surface area contributed by atoms with Crippen molar-refractivity contribution in [2.75, 3.05) is 25.6 Å². The van der Waals surface area contributed by atoms with Gasteiger partial charge in [0, 0.05) is 17.8 Å². The maximum absolute atomic E-state index is 13.0. The molecular formula is C20H22N2O6. The molecule has 3 rings (SSSR count). The Hall–Kier alpha value is -3.16. The van der Waals surface area contributed by atoms with E-state index in [1.807, 2.05) is 0 Å². The van der Waals surface area contributed by atoms with E-state index in [2.05, 4.69) is 5.32 Å². The molecule has 1 atom stereocenters. The molecule has 1 unspecified atom stereocenters. The average molecular weight is 386 g/mol. The van der Waals surface area contributed by atoms with Crippen molar-refractivity contribution in [1.29, 1.82) is 0 Å². The van der Waals surface area contributed by atoms with Gasteiger partial charge in [-0.15, -0.1) is 0 Å². The molecule has 0 radical (unpaired) electrons. The number of nitrogens with one attached hydrogen (secondary N) is 1. The summed E-state index contributed by atoms with van der Waals surface area (Å²) in [5.74, 6) is -0.702. The van der Waals surface area contributed by atoms with Gasteiger partial charge in [0.2, 0.25) is 0 Å². The first-order valence-corrected chi connectivity index (χ1v) is 9.20. The van der Waals surface area contributed by atoms with Crippen molar-refractivity contribution in [3.05, 3.63) is 50.3 Å². The van der Waals surface area contributed by atoms with Crippen LogP contribution < -0.4 is 20.9 Å². The third-order valence-corrected chi connectivity index (χ3v) is 4.77. The van der Waals surface area contributed by atoms with Crippen LogP contribution >= 0.6 is 0 Å². The van der Waals surface area contributed by atoms with Crippen molar-refractivity contribution in [1.82, 2.24) is 4.90 Å². The zero-order valence-electron chi connectivity index (χ0n) is 15.8. The monoisotopic (exact) mass is 386 g/mol. The standard InChI is InChI=1S/C20H22N2O6/c1-3-28-18-15(16(23)17(18)24)21-13-8-6-7-12(11-13)19(25)22-10-5-4-9-14(22)20(26)27-2/h6-8,11,14,21H,3-5,9-10H2,1-2H3. The Morgan fingerprint density at radius 2 is 2.00 bits per heavy atom. The molecule has 1 heterocycles. The minimum atomic E-state index is -0.661. The van der Waals surface area contributed by atoms with Crippen molar-refractivity contribution in [2.45, 2.75) is 32.2 Å². The van der Waals surface area contributed by atoms with Crippen LogP contribution in [0.4, 0.5) is 11.4 Å². The summed E-state index contributed by atoms with van der Waals surface area (Å²) in [5.41, 5.74) is -0.377. The van der Waals surface area contributed by atoms with Crippen LogP contribution in [0.15, 0.2) is 33.9 Å². The van der Waals surface area contributed by atoms with Gasteiger partial charge in [-0.1, -0.05) is 6.07 Å². The Morgan fingerprint density at radius 1 is 1.21 bits per heavy atom. The highest BCUT2D eigenvalue weighted by molar-refractivity contribution is 5.98. The van der Waals surface area contributed by atoms with E-state index < -0.39 is 22.9 Å². The van der Waals surface area contributed by atoms with E-state index in [0.717, 1.165) is 12.8 Å². The Kier molecular flexibility index (Phi) is 5.77. The fourth-order valence-corrected chi connectivity index (χ4v) is 3.36. The van der Waals surface area contributed by atoms with Crippen LogP contribution in [-0.4, -0.2) is 43.1 Å². The number of piperidine rings is 1. The number of hydrogen-bond donors (Lipinski definition) is 1. The first-order valence-electron chi connectivity index (χ1n) is 9.20. The van der Waals surface area contributed by atoms with Crippen molar-refractivity contribution in [2.24, 2.45) is 0 Å². The Morgan fingerprint density at radius 3 is 2.71 bits per heavy atom. The smallest absolute Gasteiger partial charge is 0.328 e. The number of amides is 1. The number of anilines is 2. The van der Waals surface area contributed by atoms with Crippen LogP contribution in [-0.2, 0) is 9.53 Å². The number of nitrogens with zero attached hydrogens (tertiary/aromatic N) is 1. The number of methoxy groups -OCH3 is 1. The normalized spacial score (nSPS) is 16.6. The lowest BCUT2D eigenvalue weighted by atomic mass is 10.0. The van der Waals surface area contributed by atoms with Gasteiger partial charge in [0.05, 0.1) is 13.7 Å². The highest BCUT2D eigenvalue weighted by Crippen LogP contribution is 2.25. The Labute approximate surface area is 161 Å². The minimum Gasteiger partial charge on any atom is -0.488 e. The van der Waals surface area contributed by atoms with Crippen LogP contribution in [0.3, 0.4) is 0 Å². The molecule has 2 aromatic rings. The van der Waals surface area contributed by atoms with Crippen LogP contribution in [0.1, 0.15) is 36.5 Å². The van der Waals surface area contributed by atoms with E-state index in [1.165, 1.54) is 12.0 Å². The molecule has 148 valence electrons. The van der Waals surface area contributed by atoms with E-state index in [9.17, 15) is 19.2 Å². The lowest BCUT2D eigenvalue weighted by Gasteiger charge is -2.33. The van der Waals surface area contributed by atoms with E-state index in [1.54, 1.807) is 31.2 Å². The first-order chi connectivity index (χ1) is 13.5. The molecule has 0 aromatic heterocycles. The number of likely N-dealkylation sites (tertiary alicyclic amines) is 1. The predicted molar refractivity (Wildman–Crippen MR) is 103 cm³/mol. The highest BCUT2D eigenvalue weighted by atomic mass is 16.5. The van der Waals surface area contributed by atoms with Gasteiger partial charge in [-0.25, -0.2) is 4.79 Å². The van der Waals surface area contributed by atoms with Gasteiger partial charge in [-0.05, 0) is 44.4 Å². The van der Waals surface area contributed by atoms with Gasteiger partial charge in [0.1, 0.15) is 11.7 Å². The summed E-state index contributed by atoms with van der Waals surface area (Å²) in [4.78, 5) is 49.9. The number of benzene rings is 1. The third kappa shape index (κ3) is 3.62. The molecule has 1 N–H and O–H groups in total. The lowest BCUT2D eigenvalue weighted by molar-refractivity contribution is -0.147. The maximum Gasteiger partial charge on any atom is 0.328 e. The van der Waals surface area contributed by atoms with E-state index in [0.29, 0.717) is 24.2 Å². The molecule has 0 bridgehead atoms. The average Bonchev–Trinajstić information content (AvgIpc) is 2.75. The van der Waals surface area contributed by atoms with E-state index in [4.69, 9.17) is 9.47 Å². The summed E-state index contributed by atoms with van der Waals surface area (Å²) in [6.45, 7) is 2.46.